The molecule has 3 aliphatic heterocycles. The summed E-state index contributed by atoms with van der Waals surface area (Å²) in [6.45, 7) is 31.8. The molecule has 0 spiro atoms. The lowest BCUT2D eigenvalue weighted by molar-refractivity contribution is 0.00578. The third-order valence-corrected chi connectivity index (χ3v) is 13.6. The number of aryl methyl sites for hydroxylation is 2. The van der Waals surface area contributed by atoms with Crippen molar-refractivity contribution in [3.8, 4) is 0 Å². The van der Waals surface area contributed by atoms with Crippen molar-refractivity contribution in [3.63, 3.8) is 0 Å². The fourth-order valence-electron chi connectivity index (χ4n) is 8.66. The van der Waals surface area contributed by atoms with Crippen LogP contribution in [0.1, 0.15) is 114 Å². The number of benzene rings is 2. The number of rotatable bonds is 10. The van der Waals surface area contributed by atoms with Crippen LogP contribution in [-0.2, 0) is 45.0 Å². The summed E-state index contributed by atoms with van der Waals surface area (Å²) in [5, 5.41) is 1.96. The maximum atomic E-state index is 12.7. The summed E-state index contributed by atoms with van der Waals surface area (Å²) in [5.41, 5.74) is 19.1. The van der Waals surface area contributed by atoms with Gasteiger partial charge in [0.25, 0.3) is 0 Å². The molecule has 0 saturated carbocycles. The smallest absolute Gasteiger partial charge is 0.444 e. The van der Waals surface area contributed by atoms with Gasteiger partial charge in [0.2, 0.25) is 0 Å². The van der Waals surface area contributed by atoms with Gasteiger partial charge in [-0.15, -0.1) is 0 Å². The predicted molar refractivity (Wildman–Crippen MR) is 301 cm³/mol. The Kier molecular flexibility index (Phi) is 16.3. The number of nitrogen functional groups attached to an aromatic ring is 2. The number of hydrogen-bond acceptors (Lipinski definition) is 14. The minimum absolute atomic E-state index is 0.220. The van der Waals surface area contributed by atoms with Gasteiger partial charge in [0.05, 0.1) is 59.4 Å². The van der Waals surface area contributed by atoms with Crippen molar-refractivity contribution in [2.45, 2.75) is 146 Å². The molecule has 7 heterocycles. The molecule has 2 amide bonds. The van der Waals surface area contributed by atoms with Gasteiger partial charge >= 0.3 is 19.3 Å². The van der Waals surface area contributed by atoms with Gasteiger partial charge in [-0.05, 0) is 150 Å². The van der Waals surface area contributed by atoms with Gasteiger partial charge in [0, 0.05) is 53.9 Å². The van der Waals surface area contributed by atoms with Crippen LogP contribution in [0.4, 0.5) is 21.2 Å². The standard InChI is InChI=1S/C24H30N6O2.C20H26BrN5O2.C10H16BNO2/c1-6-29(23(31)32-24(3,4)5)14-19-28-20-21(30(19)7-2)17-9-8-15(16-10-11-26-13-16)12-18(17)27-22(20)25;1-6-25(19(27)28-20(3,4)5)11-15-24-16-17(26(15)7-2)13-9-8-12(21)10-14(13)23-18(16)22;1-9(2)10(3,4)14-11(13-9)8-5-6-12-7-8/h8-12H,6-7,13-14H2,1-5H3,(H2,25,27);8-10H,6-7,11H2,1-5H3,(H2,22,23);5-6H,7H2,1-4H3. The van der Waals surface area contributed by atoms with Crippen LogP contribution in [0.25, 0.3) is 49.4 Å². The summed E-state index contributed by atoms with van der Waals surface area (Å²) in [7, 11) is -0.220. The van der Waals surface area contributed by atoms with Crippen LogP contribution < -0.4 is 11.5 Å². The second-order valence-electron chi connectivity index (χ2n) is 21.3. The lowest BCUT2D eigenvalue weighted by atomic mass is 9.79. The first-order chi connectivity index (χ1) is 34.8. The van der Waals surface area contributed by atoms with Gasteiger partial charge in [0.1, 0.15) is 33.9 Å². The normalized spacial score (nSPS) is 15.8. The van der Waals surface area contributed by atoms with Crippen LogP contribution in [0.15, 0.2) is 68.5 Å². The van der Waals surface area contributed by atoms with E-state index in [2.05, 4.69) is 105 Å². The van der Waals surface area contributed by atoms with Crippen LogP contribution >= 0.6 is 15.9 Å². The molecular weight excluding hydrogens is 1000 g/mol. The minimum Gasteiger partial charge on any atom is -0.444 e. The maximum Gasteiger partial charge on any atom is 0.492 e. The third kappa shape index (κ3) is 12.1. The summed E-state index contributed by atoms with van der Waals surface area (Å²) in [6.07, 6.45) is 6.91. The zero-order valence-electron chi connectivity index (χ0n) is 45.5. The first-order valence-corrected chi connectivity index (χ1v) is 26.1. The molecule has 74 heavy (non-hydrogen) atoms. The molecule has 4 aromatic heterocycles. The van der Waals surface area contributed by atoms with Crippen LogP contribution in [0.5, 0.6) is 0 Å². The third-order valence-electron chi connectivity index (χ3n) is 13.1. The number of anilines is 2. The molecule has 2 aromatic carbocycles. The second-order valence-corrected chi connectivity index (χ2v) is 22.2. The number of nitrogens with zero attached hydrogens (tertiary/aromatic N) is 10. The van der Waals surface area contributed by atoms with E-state index in [-0.39, 0.29) is 30.5 Å². The van der Waals surface area contributed by atoms with Crippen molar-refractivity contribution < 1.29 is 28.4 Å². The molecule has 1 saturated heterocycles. The van der Waals surface area contributed by atoms with Gasteiger partial charge in [-0.25, -0.2) is 29.5 Å². The van der Waals surface area contributed by atoms with Crippen LogP contribution in [0, 0.1) is 0 Å². The Labute approximate surface area is 442 Å². The van der Waals surface area contributed by atoms with Gasteiger partial charge in [-0.3, -0.25) is 9.98 Å². The maximum absolute atomic E-state index is 12.7. The lowest BCUT2D eigenvalue weighted by Gasteiger charge is -2.32. The van der Waals surface area contributed by atoms with E-state index in [9.17, 15) is 9.59 Å². The lowest BCUT2D eigenvalue weighted by Crippen LogP contribution is -2.41. The quantitative estimate of drug-likeness (QED) is 0.123. The highest BCUT2D eigenvalue weighted by atomic mass is 79.9. The van der Waals surface area contributed by atoms with E-state index in [0.29, 0.717) is 75.0 Å². The van der Waals surface area contributed by atoms with E-state index >= 15 is 0 Å². The molecule has 6 aromatic rings. The van der Waals surface area contributed by atoms with Gasteiger partial charge in [0.15, 0.2) is 11.6 Å². The van der Waals surface area contributed by atoms with Crippen LogP contribution in [-0.4, -0.2) is 119 Å². The number of carbonyl (C=O) groups is 2. The molecule has 0 radical (unpaired) electrons. The first kappa shape index (κ1) is 55.4. The number of amides is 2. The van der Waals surface area contributed by atoms with Gasteiger partial charge in [-0.1, -0.05) is 28.1 Å². The van der Waals surface area contributed by atoms with E-state index in [1.807, 2.05) is 92.0 Å². The van der Waals surface area contributed by atoms with E-state index in [1.54, 1.807) is 16.0 Å². The van der Waals surface area contributed by atoms with Crippen molar-refractivity contribution >= 4 is 109 Å². The Balaban J connectivity index is 0.000000174. The molecule has 20 heteroatoms. The molecule has 0 atom stereocenters. The fourth-order valence-corrected chi connectivity index (χ4v) is 9.01. The van der Waals surface area contributed by atoms with Crippen LogP contribution in [0.3, 0.4) is 0 Å². The zero-order valence-corrected chi connectivity index (χ0v) is 47.0. The molecule has 9 rings (SSSR count). The summed E-state index contributed by atoms with van der Waals surface area (Å²) in [5.74, 6) is 2.28. The Hall–Kier alpha value is -6.38. The molecule has 3 aliphatic rings. The van der Waals surface area contributed by atoms with Crippen LogP contribution in [0.2, 0.25) is 0 Å². The number of imidazole rings is 2. The summed E-state index contributed by atoms with van der Waals surface area (Å²) in [4.78, 5) is 55.6. The molecule has 18 nitrogen and oxygen atoms in total. The fraction of sp³-hybridized carbons (Fsp3) is 0.481. The molecule has 0 unspecified atom stereocenters. The Bertz CT molecular complexity index is 3200. The zero-order chi connectivity index (χ0) is 54.1. The average molecular weight is 1080 g/mol. The summed E-state index contributed by atoms with van der Waals surface area (Å²) in [6, 6.07) is 12.1. The highest BCUT2D eigenvalue weighted by Gasteiger charge is 2.52. The van der Waals surface area contributed by atoms with Crippen molar-refractivity contribution in [1.29, 1.82) is 0 Å². The Morgan fingerprint density at radius 3 is 1.57 bits per heavy atom. The molecular formula is C54H72BBrN12O6. The number of pyridine rings is 2. The van der Waals surface area contributed by atoms with Crippen molar-refractivity contribution in [1.82, 2.24) is 38.9 Å². The Morgan fingerprint density at radius 1 is 0.689 bits per heavy atom. The highest BCUT2D eigenvalue weighted by molar-refractivity contribution is 9.10. The number of halogens is 1. The van der Waals surface area contributed by atoms with Crippen molar-refractivity contribution in [3.05, 3.63) is 75.7 Å². The van der Waals surface area contributed by atoms with E-state index in [0.717, 1.165) is 65.6 Å². The molecule has 0 aliphatic carbocycles. The summed E-state index contributed by atoms with van der Waals surface area (Å²) < 4.78 is 28.0. The number of allylic oxidation sites excluding steroid dienone is 2. The number of carbonyl (C=O) groups excluding carboxylic acids is 2. The van der Waals surface area contributed by atoms with Crippen molar-refractivity contribution in [2.24, 2.45) is 9.98 Å². The monoisotopic (exact) mass is 1070 g/mol. The number of hydrogen-bond donors (Lipinski definition) is 2. The second kappa shape index (κ2) is 21.8. The van der Waals surface area contributed by atoms with Crippen molar-refractivity contribution in [2.75, 3.05) is 37.6 Å². The van der Waals surface area contributed by atoms with E-state index < -0.39 is 11.2 Å². The van der Waals surface area contributed by atoms with E-state index in [4.69, 9.17) is 40.2 Å². The first-order valence-electron chi connectivity index (χ1n) is 25.3. The van der Waals surface area contributed by atoms with Gasteiger partial charge < -0.3 is 49.2 Å². The number of ether oxygens (including phenoxy) is 2. The Morgan fingerprint density at radius 2 is 1.15 bits per heavy atom. The number of nitrogens with two attached hydrogens (primary N) is 2. The number of aliphatic imine (C=N–C) groups is 2. The SMILES string of the molecule is CC1(C)OB(C2=CC=NC2)OC1(C)C.CCN(Cc1nc2c(N)nc3cc(Br)ccc3c2n1CC)C(=O)OC(C)(C)C.CCN(Cc1nc2c(N)nc3cc(C4=CC=NC4)ccc3c2n1CC)C(=O)OC(C)(C)C. The van der Waals surface area contributed by atoms with E-state index in [1.165, 1.54) is 0 Å². The highest BCUT2D eigenvalue weighted by Crippen LogP contribution is 2.39. The molecule has 1 fully saturated rings. The molecule has 4 N–H and O–H groups in total. The largest absolute Gasteiger partial charge is 0.492 e. The molecule has 394 valence electrons. The summed E-state index contributed by atoms with van der Waals surface area (Å²) >= 11 is 3.48. The number of aromatic nitrogens is 6. The molecule has 0 bridgehead atoms. The van der Waals surface area contributed by atoms with Gasteiger partial charge in [-0.2, -0.15) is 0 Å². The minimum atomic E-state index is -0.558. The average Bonchev–Trinajstić information content (AvgIpc) is 4.17. The number of fused-ring (bicyclic) bond motifs is 6. The predicted octanol–water partition coefficient (Wildman–Crippen LogP) is 10.7. The topological polar surface area (TPSA) is 216 Å².